The number of phenolic OH excluding ortho intramolecular Hbond substituents is 2. The summed E-state index contributed by atoms with van der Waals surface area (Å²) in [6.07, 6.45) is 3.50. The molecule has 39 heavy (non-hydrogen) atoms. The average molecular weight is 673 g/mol. The van der Waals surface area contributed by atoms with Crippen LogP contribution in [0.15, 0.2) is 86.0 Å². The molecule has 5 heteroatoms. The first kappa shape index (κ1) is 26.5. The van der Waals surface area contributed by atoms with Crippen molar-refractivity contribution in [3.8, 4) is 11.5 Å². The molecule has 0 bridgehead atoms. The molecule has 0 spiro atoms. The van der Waals surface area contributed by atoms with Gasteiger partial charge in [0.2, 0.25) is 0 Å². The van der Waals surface area contributed by atoms with E-state index in [0.29, 0.717) is 5.75 Å². The van der Waals surface area contributed by atoms with E-state index in [1.807, 2.05) is 49.4 Å². The van der Waals surface area contributed by atoms with Crippen molar-refractivity contribution in [1.82, 2.24) is 9.97 Å². The number of hydrogen-bond donors (Lipinski definition) is 2. The van der Waals surface area contributed by atoms with Crippen LogP contribution in [0, 0.1) is 13.8 Å². The molecular weight excluding hydrogens is 647 g/mol. The second-order valence-corrected chi connectivity index (χ2v) is 9.52. The molecule has 0 atom stereocenters. The summed E-state index contributed by atoms with van der Waals surface area (Å²) in [6.45, 7) is 11.7. The van der Waals surface area contributed by atoms with Gasteiger partial charge in [-0.2, -0.15) is 0 Å². The molecule has 0 saturated carbocycles. The van der Waals surface area contributed by atoms with Crippen LogP contribution < -0.4 is 9.97 Å². The molecule has 7 rings (SSSR count). The molecule has 0 aliphatic rings. The predicted molar refractivity (Wildman–Crippen MR) is 160 cm³/mol. The van der Waals surface area contributed by atoms with E-state index in [4.69, 9.17) is 0 Å². The molecule has 2 aromatic heterocycles. The van der Waals surface area contributed by atoms with Crippen LogP contribution in [-0.2, 0) is 25.8 Å². The van der Waals surface area contributed by atoms with Gasteiger partial charge in [0.25, 0.3) is 0 Å². The third kappa shape index (κ3) is 4.18. The van der Waals surface area contributed by atoms with Gasteiger partial charge in [0, 0.05) is 36.6 Å². The Morgan fingerprint density at radius 3 is 1.72 bits per heavy atom. The third-order valence-electron chi connectivity index (χ3n) is 7.32. The number of hydrogen-bond acceptors (Lipinski definition) is 2. The monoisotopic (exact) mass is 674 g/mol. The van der Waals surface area contributed by atoms with Crippen LogP contribution in [0.4, 0.5) is 0 Å². The Kier molecular flexibility index (Phi) is 6.96. The Bertz CT molecular complexity index is 2060. The van der Waals surface area contributed by atoms with E-state index in [-0.39, 0.29) is 31.6 Å². The van der Waals surface area contributed by atoms with Crippen molar-refractivity contribution in [2.45, 2.75) is 13.8 Å². The SMILES string of the molecule is C=Cc1[n-]c2c(ccc3c(C)ccc(O)c32)c1C=C.Cc1ccc(O)c2c1ccc1c3ccccc3[n-]c12.[Hf]. The molecule has 2 heterocycles. The van der Waals surface area contributed by atoms with E-state index in [1.54, 1.807) is 24.3 Å². The summed E-state index contributed by atoms with van der Waals surface area (Å²) in [5.41, 5.74) is 6.72. The summed E-state index contributed by atoms with van der Waals surface area (Å²) in [5.74, 6) is 0.559. The number of phenols is 2. The maximum absolute atomic E-state index is 10.2. The van der Waals surface area contributed by atoms with Gasteiger partial charge in [0.05, 0.1) is 0 Å². The molecule has 0 radical (unpaired) electrons. The van der Waals surface area contributed by atoms with Crippen LogP contribution in [-0.4, -0.2) is 10.2 Å². The summed E-state index contributed by atoms with van der Waals surface area (Å²) in [4.78, 5) is 9.27. The van der Waals surface area contributed by atoms with Gasteiger partial charge < -0.3 is 20.2 Å². The number of aromatic hydroxyl groups is 2. The molecule has 0 aliphatic heterocycles. The standard InChI is InChI=1S/C17H12NO.C17H14NO.Hf/c1-10-6-9-15(19)16-11(10)7-8-13-12-4-2-3-5-14(12)18-17(13)16;1-4-11-13-8-7-12-10(3)6-9-15(19)16(12)17(13)18-14(11)5-2;/h2-9,19H,1H3;4-9,19H,1-2H2,3H3;/q2*-1;. The number of benzene rings is 5. The first-order valence-electron chi connectivity index (χ1n) is 12.5. The topological polar surface area (TPSA) is 68.7 Å². The van der Waals surface area contributed by atoms with Crippen LogP contribution >= 0.6 is 0 Å². The number of rotatable bonds is 2. The Hall–Kier alpha value is -4.09. The van der Waals surface area contributed by atoms with Crippen molar-refractivity contribution in [3.63, 3.8) is 0 Å². The molecule has 0 fully saturated rings. The van der Waals surface area contributed by atoms with Gasteiger partial charge in [-0.05, 0) is 69.6 Å². The minimum absolute atomic E-state index is 0. The van der Waals surface area contributed by atoms with Gasteiger partial charge in [-0.25, -0.2) is 0 Å². The van der Waals surface area contributed by atoms with Gasteiger partial charge in [0.15, 0.2) is 0 Å². The van der Waals surface area contributed by atoms with Gasteiger partial charge in [0.1, 0.15) is 11.5 Å². The van der Waals surface area contributed by atoms with Crippen LogP contribution in [0.2, 0.25) is 0 Å². The first-order chi connectivity index (χ1) is 18.4. The minimum atomic E-state index is 0. The summed E-state index contributed by atoms with van der Waals surface area (Å²) in [6, 6.07) is 23.6. The van der Waals surface area contributed by atoms with Crippen molar-refractivity contribution in [2.75, 3.05) is 0 Å². The summed E-state index contributed by atoms with van der Waals surface area (Å²) < 4.78 is 0. The molecule has 0 saturated heterocycles. The smallest absolute Gasteiger partial charge is 0.122 e. The fourth-order valence-corrected chi connectivity index (χ4v) is 5.39. The molecule has 190 valence electrons. The maximum atomic E-state index is 10.2. The first-order valence-corrected chi connectivity index (χ1v) is 12.5. The maximum Gasteiger partial charge on any atom is 0.122 e. The number of fused-ring (bicyclic) bond motifs is 8. The molecule has 0 amide bonds. The molecule has 7 aromatic rings. The van der Waals surface area contributed by atoms with E-state index < -0.39 is 0 Å². The molecule has 0 aliphatic carbocycles. The van der Waals surface area contributed by atoms with Crippen molar-refractivity contribution in [1.29, 1.82) is 0 Å². The van der Waals surface area contributed by atoms with Crippen molar-refractivity contribution in [2.24, 2.45) is 0 Å². The molecular formula is C34H26HfN2O2-2. The number of para-hydroxylation sites is 1. The Morgan fingerprint density at radius 2 is 1.13 bits per heavy atom. The van der Waals surface area contributed by atoms with E-state index in [2.05, 4.69) is 48.2 Å². The predicted octanol–water partition coefficient (Wildman–Crippen LogP) is 8.37. The van der Waals surface area contributed by atoms with Crippen molar-refractivity contribution < 1.29 is 36.1 Å². The molecule has 2 N–H and O–H groups in total. The third-order valence-corrected chi connectivity index (χ3v) is 7.32. The quantitative estimate of drug-likeness (QED) is 0.181. The summed E-state index contributed by atoms with van der Waals surface area (Å²) >= 11 is 0. The zero-order valence-corrected chi connectivity index (χ0v) is 25.4. The molecule has 4 nitrogen and oxygen atoms in total. The van der Waals surface area contributed by atoms with E-state index in [9.17, 15) is 10.2 Å². The number of nitrogens with zero attached hydrogens (tertiary/aromatic N) is 2. The van der Waals surface area contributed by atoms with Gasteiger partial charge in [-0.3, -0.25) is 0 Å². The largest absolute Gasteiger partial charge is 0.656 e. The van der Waals surface area contributed by atoms with Crippen LogP contribution in [0.5, 0.6) is 11.5 Å². The molecule has 0 unspecified atom stereocenters. The zero-order chi connectivity index (χ0) is 26.6. The van der Waals surface area contributed by atoms with Gasteiger partial charge in [-0.1, -0.05) is 79.4 Å². The fourth-order valence-electron chi connectivity index (χ4n) is 5.39. The minimum Gasteiger partial charge on any atom is -0.656 e. The number of aromatic nitrogens is 2. The fraction of sp³-hybridized carbons (Fsp3) is 0.0588. The Morgan fingerprint density at radius 1 is 0.590 bits per heavy atom. The van der Waals surface area contributed by atoms with Crippen molar-refractivity contribution >= 4 is 66.4 Å². The van der Waals surface area contributed by atoms with E-state index in [1.165, 1.54) is 0 Å². The average Bonchev–Trinajstić information content (AvgIpc) is 3.50. The summed E-state index contributed by atoms with van der Waals surface area (Å²) in [5, 5.41) is 27.3. The zero-order valence-electron chi connectivity index (χ0n) is 21.8. The second kappa shape index (κ2) is 10.2. The van der Waals surface area contributed by atoms with E-state index >= 15 is 0 Å². The Labute approximate surface area is 245 Å². The van der Waals surface area contributed by atoms with E-state index in [0.717, 1.165) is 76.6 Å². The summed E-state index contributed by atoms with van der Waals surface area (Å²) in [7, 11) is 0. The van der Waals surface area contributed by atoms with Gasteiger partial charge >= 0.3 is 0 Å². The second-order valence-electron chi connectivity index (χ2n) is 9.52. The van der Waals surface area contributed by atoms with Crippen molar-refractivity contribution in [3.05, 3.63) is 108 Å². The van der Waals surface area contributed by atoms with Gasteiger partial charge in [-0.15, -0.1) is 28.8 Å². The van der Waals surface area contributed by atoms with Crippen LogP contribution in [0.3, 0.4) is 0 Å². The van der Waals surface area contributed by atoms with Crippen LogP contribution in [0.25, 0.3) is 66.4 Å². The van der Waals surface area contributed by atoms with Crippen LogP contribution in [0.1, 0.15) is 22.4 Å². The Balaban J connectivity index is 0.000000154. The normalized spacial score (nSPS) is 11.0. The molecule has 5 aromatic carbocycles. The number of aryl methyl sites for hydroxylation is 2.